The van der Waals surface area contributed by atoms with Gasteiger partial charge in [-0.3, -0.25) is 4.79 Å². The molecule has 2 aliphatic rings. The van der Waals surface area contributed by atoms with Crippen LogP contribution in [0.4, 0.5) is 0 Å². The van der Waals surface area contributed by atoms with Crippen molar-refractivity contribution in [2.24, 2.45) is 0 Å². The molecule has 1 amide bonds. The highest BCUT2D eigenvalue weighted by Gasteiger charge is 2.35. The van der Waals surface area contributed by atoms with E-state index >= 15 is 0 Å². The van der Waals surface area contributed by atoms with Crippen molar-refractivity contribution in [1.29, 1.82) is 0 Å². The Hall–Kier alpha value is -1.43. The molecule has 1 aromatic heterocycles. The summed E-state index contributed by atoms with van der Waals surface area (Å²) in [5.74, 6) is 0.0374. The lowest BCUT2D eigenvalue weighted by Gasteiger charge is -2.27. The van der Waals surface area contributed by atoms with Crippen molar-refractivity contribution in [3.8, 4) is 0 Å². The highest BCUT2D eigenvalue weighted by Crippen LogP contribution is 2.27. The monoisotopic (exact) mass is 263 g/mol. The quantitative estimate of drug-likeness (QED) is 0.877. The lowest BCUT2D eigenvalue weighted by molar-refractivity contribution is 0.0670. The summed E-state index contributed by atoms with van der Waals surface area (Å²) < 4.78 is 1.81. The highest BCUT2D eigenvalue weighted by molar-refractivity contribution is 5.92. The molecule has 2 unspecified atom stereocenters. The molecular weight excluding hydrogens is 242 g/mol. The number of nitrogens with zero attached hydrogens (tertiary/aromatic N) is 4. The molecule has 0 bridgehead atoms. The van der Waals surface area contributed by atoms with Gasteiger partial charge in [0.1, 0.15) is 0 Å². The third kappa shape index (κ3) is 2.14. The van der Waals surface area contributed by atoms with Crippen LogP contribution in [0.2, 0.25) is 0 Å². The minimum Gasteiger partial charge on any atom is -0.332 e. The van der Waals surface area contributed by atoms with Crippen LogP contribution >= 0.6 is 0 Å². The van der Waals surface area contributed by atoms with Crippen LogP contribution in [0.3, 0.4) is 0 Å². The Morgan fingerprint density at radius 1 is 1.47 bits per heavy atom. The molecule has 2 aliphatic heterocycles. The molecule has 19 heavy (non-hydrogen) atoms. The second-order valence-electron chi connectivity index (χ2n) is 5.60. The second kappa shape index (κ2) is 4.92. The molecule has 0 saturated carbocycles. The summed E-state index contributed by atoms with van der Waals surface area (Å²) in [6.45, 7) is 6.08. The molecule has 0 radical (unpaired) electrons. The van der Waals surface area contributed by atoms with Gasteiger partial charge in [0.15, 0.2) is 5.69 Å². The van der Waals surface area contributed by atoms with E-state index in [1.807, 2.05) is 9.58 Å². The first-order valence-corrected chi connectivity index (χ1v) is 7.16. The number of aromatic nitrogens is 3. The Balaban J connectivity index is 1.77. The summed E-state index contributed by atoms with van der Waals surface area (Å²) in [4.78, 5) is 14.6. The van der Waals surface area contributed by atoms with E-state index in [1.54, 1.807) is 6.20 Å². The molecule has 6 heteroatoms. The van der Waals surface area contributed by atoms with Crippen LogP contribution in [0.5, 0.6) is 0 Å². The van der Waals surface area contributed by atoms with Crippen molar-refractivity contribution >= 4 is 5.91 Å². The maximum atomic E-state index is 12.6. The normalized spacial score (nSPS) is 27.6. The fourth-order valence-corrected chi connectivity index (χ4v) is 2.98. The highest BCUT2D eigenvalue weighted by atomic mass is 16.2. The molecule has 6 nitrogen and oxygen atoms in total. The topological polar surface area (TPSA) is 63.1 Å². The molecule has 0 aromatic carbocycles. The zero-order valence-corrected chi connectivity index (χ0v) is 11.5. The fourth-order valence-electron chi connectivity index (χ4n) is 2.98. The second-order valence-corrected chi connectivity index (χ2v) is 5.60. The van der Waals surface area contributed by atoms with Crippen molar-refractivity contribution in [3.05, 3.63) is 11.9 Å². The number of hydrogen-bond acceptors (Lipinski definition) is 4. The number of likely N-dealkylation sites (tertiary alicyclic amines) is 1. The van der Waals surface area contributed by atoms with Gasteiger partial charge >= 0.3 is 0 Å². The number of amides is 1. The van der Waals surface area contributed by atoms with Crippen molar-refractivity contribution < 1.29 is 4.79 Å². The summed E-state index contributed by atoms with van der Waals surface area (Å²) >= 11 is 0. The summed E-state index contributed by atoms with van der Waals surface area (Å²) in [5.41, 5.74) is 0.485. The van der Waals surface area contributed by atoms with E-state index in [1.165, 1.54) is 0 Å². The first-order valence-electron chi connectivity index (χ1n) is 7.16. The summed E-state index contributed by atoms with van der Waals surface area (Å²) in [6.07, 6.45) is 5.00. The van der Waals surface area contributed by atoms with E-state index in [0.29, 0.717) is 23.8 Å². The van der Waals surface area contributed by atoms with E-state index in [4.69, 9.17) is 0 Å². The van der Waals surface area contributed by atoms with Crippen molar-refractivity contribution in [2.75, 3.05) is 13.1 Å². The van der Waals surface area contributed by atoms with Crippen LogP contribution in [0.15, 0.2) is 6.20 Å². The summed E-state index contributed by atoms with van der Waals surface area (Å²) in [6, 6.07) is 1.03. The minimum absolute atomic E-state index is 0.0374. The lowest BCUT2D eigenvalue weighted by Crippen LogP contribution is -2.43. The number of carbonyl (C=O) groups excluding carboxylic acids is 1. The zero-order valence-electron chi connectivity index (χ0n) is 11.5. The maximum Gasteiger partial charge on any atom is 0.276 e. The van der Waals surface area contributed by atoms with Gasteiger partial charge in [0.2, 0.25) is 0 Å². The van der Waals surface area contributed by atoms with E-state index < -0.39 is 0 Å². The predicted molar refractivity (Wildman–Crippen MR) is 70.9 cm³/mol. The van der Waals surface area contributed by atoms with Gasteiger partial charge < -0.3 is 10.2 Å². The SMILES string of the molecule is CCC1CCC(C)N1C(=O)c1cn(C2CNC2)nn1. The van der Waals surface area contributed by atoms with Crippen LogP contribution in [0.1, 0.15) is 49.6 Å². The van der Waals surface area contributed by atoms with Crippen molar-refractivity contribution in [2.45, 2.75) is 51.2 Å². The predicted octanol–water partition coefficient (Wildman–Crippen LogP) is 0.825. The van der Waals surface area contributed by atoms with Gasteiger partial charge in [-0.05, 0) is 26.2 Å². The average molecular weight is 263 g/mol. The zero-order chi connectivity index (χ0) is 13.4. The Morgan fingerprint density at radius 2 is 2.26 bits per heavy atom. The summed E-state index contributed by atoms with van der Waals surface area (Å²) in [5, 5.41) is 11.3. The molecule has 104 valence electrons. The molecule has 3 heterocycles. The van der Waals surface area contributed by atoms with Gasteiger partial charge in [0.25, 0.3) is 5.91 Å². The molecule has 2 saturated heterocycles. The number of hydrogen-bond donors (Lipinski definition) is 1. The molecule has 1 aromatic rings. The van der Waals surface area contributed by atoms with Crippen LogP contribution < -0.4 is 5.32 Å². The molecule has 2 atom stereocenters. The van der Waals surface area contributed by atoms with Gasteiger partial charge in [-0.15, -0.1) is 5.10 Å². The average Bonchev–Trinajstić information content (AvgIpc) is 2.93. The maximum absolute atomic E-state index is 12.6. The Kier molecular flexibility index (Phi) is 3.26. The smallest absolute Gasteiger partial charge is 0.276 e. The fraction of sp³-hybridized carbons (Fsp3) is 0.769. The van der Waals surface area contributed by atoms with Crippen molar-refractivity contribution in [1.82, 2.24) is 25.2 Å². The largest absolute Gasteiger partial charge is 0.332 e. The van der Waals surface area contributed by atoms with E-state index in [9.17, 15) is 4.79 Å². The Labute approximate surface area is 113 Å². The van der Waals surface area contributed by atoms with Crippen molar-refractivity contribution in [3.63, 3.8) is 0 Å². The minimum atomic E-state index is 0.0374. The molecule has 0 aliphatic carbocycles. The first-order chi connectivity index (χ1) is 9.20. The van der Waals surface area contributed by atoms with E-state index in [0.717, 1.165) is 32.4 Å². The number of nitrogens with one attached hydrogen (secondary N) is 1. The molecular formula is C13H21N5O. The first kappa shape index (κ1) is 12.6. The lowest BCUT2D eigenvalue weighted by atomic mass is 10.1. The third-order valence-corrected chi connectivity index (χ3v) is 4.36. The van der Waals surface area contributed by atoms with Crippen LogP contribution in [0.25, 0.3) is 0 Å². The summed E-state index contributed by atoms with van der Waals surface area (Å²) in [7, 11) is 0. The van der Waals surface area contributed by atoms with Crippen LogP contribution in [-0.2, 0) is 0 Å². The molecule has 3 rings (SSSR count). The van der Waals surface area contributed by atoms with E-state index in [-0.39, 0.29) is 5.91 Å². The Morgan fingerprint density at radius 3 is 2.89 bits per heavy atom. The number of rotatable bonds is 3. The van der Waals surface area contributed by atoms with Gasteiger partial charge in [-0.2, -0.15) is 0 Å². The van der Waals surface area contributed by atoms with E-state index in [2.05, 4.69) is 29.5 Å². The third-order valence-electron chi connectivity index (χ3n) is 4.36. The van der Waals surface area contributed by atoms with Gasteiger partial charge in [0, 0.05) is 25.2 Å². The van der Waals surface area contributed by atoms with Gasteiger partial charge in [0.05, 0.1) is 12.2 Å². The molecule has 2 fully saturated rings. The van der Waals surface area contributed by atoms with Crippen LogP contribution in [-0.4, -0.2) is 51.0 Å². The van der Waals surface area contributed by atoms with Gasteiger partial charge in [-0.1, -0.05) is 12.1 Å². The number of carbonyl (C=O) groups is 1. The van der Waals surface area contributed by atoms with Crippen LogP contribution in [0, 0.1) is 0 Å². The van der Waals surface area contributed by atoms with Gasteiger partial charge in [-0.25, -0.2) is 4.68 Å². The Bertz CT molecular complexity index is 467. The molecule has 1 N–H and O–H groups in total. The standard InChI is InChI=1S/C13H21N5O/c1-3-10-5-4-9(2)18(10)13(19)12-8-17(16-15-12)11-6-14-7-11/h8-11,14H,3-7H2,1-2H3. The molecule has 0 spiro atoms.